The Bertz CT molecular complexity index is 260. The van der Waals surface area contributed by atoms with Crippen LogP contribution >= 0.6 is 0 Å². The summed E-state index contributed by atoms with van der Waals surface area (Å²) in [7, 11) is 1.50. The summed E-state index contributed by atoms with van der Waals surface area (Å²) < 4.78 is 17.6. The highest BCUT2D eigenvalue weighted by Crippen LogP contribution is 2.24. The standard InChI is InChI=1S/C8H8FNO/c1-11-7-3-2-6(5-10)8(9)4-7/h4H,2-3H2,1H3. The highest BCUT2D eigenvalue weighted by atomic mass is 19.1. The molecule has 3 heteroatoms. The van der Waals surface area contributed by atoms with Gasteiger partial charge in [0.15, 0.2) is 0 Å². The molecule has 1 aliphatic carbocycles. The van der Waals surface area contributed by atoms with E-state index in [0.717, 1.165) is 0 Å². The zero-order chi connectivity index (χ0) is 8.27. The molecule has 0 aliphatic heterocycles. The number of hydrogen-bond acceptors (Lipinski definition) is 2. The van der Waals surface area contributed by atoms with Gasteiger partial charge in [0, 0.05) is 12.5 Å². The molecule has 11 heavy (non-hydrogen) atoms. The van der Waals surface area contributed by atoms with E-state index in [2.05, 4.69) is 0 Å². The Balaban J connectivity index is 2.87. The zero-order valence-corrected chi connectivity index (χ0v) is 6.22. The number of nitriles is 1. The molecular weight excluding hydrogens is 145 g/mol. The van der Waals surface area contributed by atoms with Crippen molar-refractivity contribution < 1.29 is 9.13 Å². The van der Waals surface area contributed by atoms with Gasteiger partial charge >= 0.3 is 0 Å². The number of rotatable bonds is 1. The number of ether oxygens (including phenoxy) is 1. The molecule has 0 saturated carbocycles. The molecule has 0 aromatic heterocycles. The highest BCUT2D eigenvalue weighted by molar-refractivity contribution is 5.35. The van der Waals surface area contributed by atoms with Crippen LogP contribution in [0, 0.1) is 11.3 Å². The first-order valence-electron chi connectivity index (χ1n) is 3.31. The molecule has 0 atom stereocenters. The van der Waals surface area contributed by atoms with E-state index in [1.54, 1.807) is 6.07 Å². The number of halogens is 1. The van der Waals surface area contributed by atoms with E-state index in [1.165, 1.54) is 13.2 Å². The summed E-state index contributed by atoms with van der Waals surface area (Å²) in [4.78, 5) is 0. The van der Waals surface area contributed by atoms with Crippen molar-refractivity contribution >= 4 is 0 Å². The van der Waals surface area contributed by atoms with Gasteiger partial charge in [0.05, 0.1) is 24.5 Å². The number of nitrogens with zero attached hydrogens (tertiary/aromatic N) is 1. The van der Waals surface area contributed by atoms with Crippen LogP contribution in [0.3, 0.4) is 0 Å². The monoisotopic (exact) mass is 153 g/mol. The van der Waals surface area contributed by atoms with E-state index in [-0.39, 0.29) is 5.57 Å². The van der Waals surface area contributed by atoms with Crippen LogP contribution in [-0.2, 0) is 4.74 Å². The first kappa shape index (κ1) is 7.80. The highest BCUT2D eigenvalue weighted by Gasteiger charge is 2.12. The van der Waals surface area contributed by atoms with Gasteiger partial charge in [0.25, 0.3) is 0 Å². The van der Waals surface area contributed by atoms with Gasteiger partial charge in [-0.3, -0.25) is 0 Å². The van der Waals surface area contributed by atoms with Crippen LogP contribution < -0.4 is 0 Å². The average molecular weight is 153 g/mol. The van der Waals surface area contributed by atoms with E-state index in [9.17, 15) is 4.39 Å². The van der Waals surface area contributed by atoms with Gasteiger partial charge in [-0.2, -0.15) is 5.26 Å². The van der Waals surface area contributed by atoms with Crippen molar-refractivity contribution in [2.75, 3.05) is 7.11 Å². The summed E-state index contributed by atoms with van der Waals surface area (Å²) in [5, 5.41) is 8.40. The Kier molecular flexibility index (Phi) is 2.27. The lowest BCUT2D eigenvalue weighted by Crippen LogP contribution is -1.96. The fraction of sp³-hybridized carbons (Fsp3) is 0.375. The van der Waals surface area contributed by atoms with Gasteiger partial charge in [0.2, 0.25) is 0 Å². The molecule has 0 spiro atoms. The molecule has 0 aromatic carbocycles. The molecule has 1 aliphatic rings. The Morgan fingerprint density at radius 2 is 2.36 bits per heavy atom. The van der Waals surface area contributed by atoms with Gasteiger partial charge in [-0.1, -0.05) is 0 Å². The Labute approximate surface area is 64.6 Å². The van der Waals surface area contributed by atoms with Gasteiger partial charge in [-0.25, -0.2) is 4.39 Å². The molecule has 58 valence electrons. The topological polar surface area (TPSA) is 33.0 Å². The predicted octanol–water partition coefficient (Wildman–Crippen LogP) is 2.06. The largest absolute Gasteiger partial charge is 0.501 e. The van der Waals surface area contributed by atoms with Crippen LogP contribution in [0.4, 0.5) is 4.39 Å². The average Bonchev–Trinajstić information content (AvgIpc) is 2.04. The molecule has 0 heterocycles. The van der Waals surface area contributed by atoms with E-state index in [4.69, 9.17) is 10.00 Å². The summed E-state index contributed by atoms with van der Waals surface area (Å²) in [6.07, 6.45) is 2.33. The lowest BCUT2D eigenvalue weighted by molar-refractivity contribution is 0.273. The van der Waals surface area contributed by atoms with Crippen molar-refractivity contribution in [3.05, 3.63) is 23.2 Å². The van der Waals surface area contributed by atoms with Crippen LogP contribution in [-0.4, -0.2) is 7.11 Å². The van der Waals surface area contributed by atoms with Gasteiger partial charge in [-0.15, -0.1) is 0 Å². The molecule has 2 nitrogen and oxygen atoms in total. The van der Waals surface area contributed by atoms with Crippen LogP contribution in [0.5, 0.6) is 0 Å². The van der Waals surface area contributed by atoms with Crippen LogP contribution in [0.25, 0.3) is 0 Å². The second-order valence-corrected chi connectivity index (χ2v) is 2.25. The quantitative estimate of drug-likeness (QED) is 0.577. The first-order valence-corrected chi connectivity index (χ1v) is 3.31. The molecule has 0 radical (unpaired) electrons. The van der Waals surface area contributed by atoms with Crippen molar-refractivity contribution in [3.8, 4) is 6.07 Å². The van der Waals surface area contributed by atoms with E-state index < -0.39 is 5.83 Å². The van der Waals surface area contributed by atoms with Crippen molar-refractivity contribution in [1.29, 1.82) is 5.26 Å². The lowest BCUT2D eigenvalue weighted by Gasteiger charge is -2.09. The summed E-state index contributed by atoms with van der Waals surface area (Å²) in [5.41, 5.74) is 0.214. The maximum absolute atomic E-state index is 12.8. The van der Waals surface area contributed by atoms with Crippen molar-refractivity contribution in [2.24, 2.45) is 0 Å². The maximum Gasteiger partial charge on any atom is 0.140 e. The summed E-state index contributed by atoms with van der Waals surface area (Å²) in [5.74, 6) is 0.136. The minimum atomic E-state index is -0.462. The van der Waals surface area contributed by atoms with Crippen molar-refractivity contribution in [2.45, 2.75) is 12.8 Å². The predicted molar refractivity (Wildman–Crippen MR) is 38.1 cm³/mol. The van der Waals surface area contributed by atoms with Crippen LogP contribution in [0.15, 0.2) is 23.2 Å². The summed E-state index contributed by atoms with van der Waals surface area (Å²) >= 11 is 0. The molecule has 0 saturated heterocycles. The maximum atomic E-state index is 12.8. The lowest BCUT2D eigenvalue weighted by atomic mass is 10.0. The second-order valence-electron chi connectivity index (χ2n) is 2.25. The molecule has 0 bridgehead atoms. The van der Waals surface area contributed by atoms with E-state index in [0.29, 0.717) is 18.6 Å². The molecular formula is C8H8FNO. The Morgan fingerprint density at radius 3 is 2.82 bits per heavy atom. The number of methoxy groups -OCH3 is 1. The molecule has 0 unspecified atom stereocenters. The molecule has 0 fully saturated rings. The zero-order valence-electron chi connectivity index (χ0n) is 6.22. The third-order valence-electron chi connectivity index (χ3n) is 1.59. The molecule has 1 rings (SSSR count). The fourth-order valence-corrected chi connectivity index (χ4v) is 0.939. The van der Waals surface area contributed by atoms with Crippen molar-refractivity contribution in [3.63, 3.8) is 0 Å². The second kappa shape index (κ2) is 3.20. The van der Waals surface area contributed by atoms with E-state index >= 15 is 0 Å². The van der Waals surface area contributed by atoms with E-state index in [1.807, 2.05) is 0 Å². The molecule has 0 aromatic rings. The minimum absolute atomic E-state index is 0.214. The smallest absolute Gasteiger partial charge is 0.140 e. The van der Waals surface area contributed by atoms with Crippen LogP contribution in [0.1, 0.15) is 12.8 Å². The SMILES string of the molecule is COC1=CC(F)=C(C#N)CC1. The molecule has 0 N–H and O–H groups in total. The normalized spacial score (nSPS) is 17.4. The number of hydrogen-bond donors (Lipinski definition) is 0. The number of allylic oxidation sites excluding steroid dienone is 4. The Morgan fingerprint density at radius 1 is 1.64 bits per heavy atom. The molecule has 0 amide bonds. The van der Waals surface area contributed by atoms with Gasteiger partial charge in [-0.05, 0) is 6.42 Å². The third kappa shape index (κ3) is 1.58. The summed E-state index contributed by atoms with van der Waals surface area (Å²) in [6.45, 7) is 0. The van der Waals surface area contributed by atoms with Gasteiger partial charge in [0.1, 0.15) is 5.83 Å². The third-order valence-corrected chi connectivity index (χ3v) is 1.59. The minimum Gasteiger partial charge on any atom is -0.501 e. The summed E-state index contributed by atoms with van der Waals surface area (Å²) in [6, 6.07) is 1.80. The van der Waals surface area contributed by atoms with Gasteiger partial charge < -0.3 is 4.74 Å². The first-order chi connectivity index (χ1) is 5.27. The Hall–Kier alpha value is -1.30. The van der Waals surface area contributed by atoms with Crippen LogP contribution in [0.2, 0.25) is 0 Å². The van der Waals surface area contributed by atoms with Crippen molar-refractivity contribution in [1.82, 2.24) is 0 Å². The fourth-order valence-electron chi connectivity index (χ4n) is 0.939.